The molecule has 0 aromatic heterocycles. The molecule has 0 aliphatic carbocycles. The molecular formula is C12H15FN2O2. The molecular weight excluding hydrogens is 223 g/mol. The van der Waals surface area contributed by atoms with Crippen molar-refractivity contribution in [1.29, 1.82) is 0 Å². The van der Waals surface area contributed by atoms with E-state index in [1.165, 1.54) is 11.0 Å². The highest BCUT2D eigenvalue weighted by atomic mass is 19.1. The Bertz CT molecular complexity index is 446. The van der Waals surface area contributed by atoms with Gasteiger partial charge in [-0.2, -0.15) is 0 Å². The summed E-state index contributed by atoms with van der Waals surface area (Å²) in [4.78, 5) is 24.0. The van der Waals surface area contributed by atoms with E-state index in [2.05, 4.69) is 0 Å². The van der Waals surface area contributed by atoms with Gasteiger partial charge in [-0.25, -0.2) is 4.39 Å². The molecule has 0 heterocycles. The van der Waals surface area contributed by atoms with E-state index in [0.717, 1.165) is 0 Å². The van der Waals surface area contributed by atoms with Gasteiger partial charge in [-0.1, -0.05) is 12.1 Å². The average Bonchev–Trinajstić information content (AvgIpc) is 2.28. The predicted octanol–water partition coefficient (Wildman–Crippen LogP) is 1.08. The number of halogens is 1. The number of amides is 2. The molecule has 0 aliphatic heterocycles. The van der Waals surface area contributed by atoms with Gasteiger partial charge in [0.15, 0.2) is 0 Å². The molecule has 2 amide bonds. The second-order valence-corrected chi connectivity index (χ2v) is 3.72. The van der Waals surface area contributed by atoms with Gasteiger partial charge in [0.1, 0.15) is 5.82 Å². The number of aryl methyl sites for hydroxylation is 1. The quantitative estimate of drug-likeness (QED) is 0.853. The molecule has 0 fully saturated rings. The standard InChI is InChI=1S/C12H15FN2O2/c1-3-15(7-10(14)16)12(17)9-6-4-5-8(2)11(9)13/h4-6H,3,7H2,1-2H3,(H2,14,16). The Labute approximate surface area is 99.2 Å². The Morgan fingerprint density at radius 3 is 2.59 bits per heavy atom. The summed E-state index contributed by atoms with van der Waals surface area (Å²) in [5.41, 5.74) is 5.39. The van der Waals surface area contributed by atoms with E-state index in [-0.39, 0.29) is 12.1 Å². The number of nitrogens with zero attached hydrogens (tertiary/aromatic N) is 1. The highest BCUT2D eigenvalue weighted by Crippen LogP contribution is 2.14. The van der Waals surface area contributed by atoms with Crippen LogP contribution in [-0.4, -0.2) is 29.8 Å². The zero-order valence-corrected chi connectivity index (χ0v) is 9.87. The number of carbonyl (C=O) groups excluding carboxylic acids is 2. The van der Waals surface area contributed by atoms with Crippen molar-refractivity contribution in [2.75, 3.05) is 13.1 Å². The molecule has 0 bridgehead atoms. The van der Waals surface area contributed by atoms with Crippen LogP contribution >= 0.6 is 0 Å². The summed E-state index contributed by atoms with van der Waals surface area (Å²) in [6, 6.07) is 4.58. The molecule has 1 aromatic carbocycles. The molecule has 0 saturated heterocycles. The van der Waals surface area contributed by atoms with Gasteiger partial charge < -0.3 is 10.6 Å². The number of hydrogen-bond donors (Lipinski definition) is 1. The van der Waals surface area contributed by atoms with Crippen LogP contribution in [0.2, 0.25) is 0 Å². The highest BCUT2D eigenvalue weighted by molar-refractivity contribution is 5.96. The summed E-state index contributed by atoms with van der Waals surface area (Å²) in [6.07, 6.45) is 0. The normalized spacial score (nSPS) is 10.1. The van der Waals surface area contributed by atoms with Gasteiger partial charge in [0, 0.05) is 6.54 Å². The molecule has 0 aliphatic rings. The fourth-order valence-corrected chi connectivity index (χ4v) is 1.50. The van der Waals surface area contributed by atoms with Crippen molar-refractivity contribution in [3.8, 4) is 0 Å². The van der Waals surface area contributed by atoms with Crippen molar-refractivity contribution < 1.29 is 14.0 Å². The van der Waals surface area contributed by atoms with Crippen LogP contribution < -0.4 is 5.73 Å². The van der Waals surface area contributed by atoms with Crippen LogP contribution in [0.5, 0.6) is 0 Å². The Morgan fingerprint density at radius 2 is 2.06 bits per heavy atom. The van der Waals surface area contributed by atoms with Crippen LogP contribution in [0.25, 0.3) is 0 Å². The molecule has 0 saturated carbocycles. The second kappa shape index (κ2) is 5.43. The maximum Gasteiger partial charge on any atom is 0.257 e. The van der Waals surface area contributed by atoms with Gasteiger partial charge in [0.05, 0.1) is 12.1 Å². The van der Waals surface area contributed by atoms with Crippen molar-refractivity contribution in [2.45, 2.75) is 13.8 Å². The molecule has 0 radical (unpaired) electrons. The Balaban J connectivity index is 3.02. The van der Waals surface area contributed by atoms with Crippen LogP contribution in [-0.2, 0) is 4.79 Å². The van der Waals surface area contributed by atoms with Gasteiger partial charge in [-0.15, -0.1) is 0 Å². The first-order valence-corrected chi connectivity index (χ1v) is 5.30. The van der Waals surface area contributed by atoms with Crippen molar-refractivity contribution in [1.82, 2.24) is 4.90 Å². The minimum atomic E-state index is -0.617. The fraction of sp³-hybridized carbons (Fsp3) is 0.333. The number of rotatable bonds is 4. The zero-order chi connectivity index (χ0) is 13.0. The number of nitrogens with two attached hydrogens (primary N) is 1. The van der Waals surface area contributed by atoms with E-state index in [0.29, 0.717) is 12.1 Å². The zero-order valence-electron chi connectivity index (χ0n) is 9.87. The van der Waals surface area contributed by atoms with E-state index in [9.17, 15) is 14.0 Å². The molecule has 92 valence electrons. The first-order chi connectivity index (χ1) is 7.97. The summed E-state index contributed by atoms with van der Waals surface area (Å²) in [7, 11) is 0. The van der Waals surface area contributed by atoms with Gasteiger partial charge in [-0.05, 0) is 25.5 Å². The third kappa shape index (κ3) is 3.03. The van der Waals surface area contributed by atoms with Crippen LogP contribution in [0.3, 0.4) is 0 Å². The molecule has 1 aromatic rings. The number of benzene rings is 1. The number of primary amides is 1. The summed E-state index contributed by atoms with van der Waals surface area (Å²) in [5.74, 6) is -1.69. The first-order valence-electron chi connectivity index (χ1n) is 5.30. The number of hydrogen-bond acceptors (Lipinski definition) is 2. The molecule has 0 unspecified atom stereocenters. The van der Waals surface area contributed by atoms with Crippen LogP contribution in [0.1, 0.15) is 22.8 Å². The summed E-state index contributed by atoms with van der Waals surface area (Å²) in [6.45, 7) is 3.38. The van der Waals surface area contributed by atoms with Crippen molar-refractivity contribution >= 4 is 11.8 Å². The largest absolute Gasteiger partial charge is 0.368 e. The van der Waals surface area contributed by atoms with Crippen molar-refractivity contribution in [2.24, 2.45) is 5.73 Å². The van der Waals surface area contributed by atoms with Crippen molar-refractivity contribution in [3.05, 3.63) is 35.1 Å². The highest BCUT2D eigenvalue weighted by Gasteiger charge is 2.19. The predicted molar refractivity (Wildman–Crippen MR) is 61.9 cm³/mol. The Kier molecular flexibility index (Phi) is 4.20. The fourth-order valence-electron chi connectivity index (χ4n) is 1.50. The SMILES string of the molecule is CCN(CC(N)=O)C(=O)c1cccc(C)c1F. The number of carbonyl (C=O) groups is 2. The van der Waals surface area contributed by atoms with Gasteiger partial charge >= 0.3 is 0 Å². The maximum atomic E-state index is 13.7. The number of likely N-dealkylation sites (N-methyl/N-ethyl adjacent to an activating group) is 1. The molecule has 1 rings (SSSR count). The van der Waals surface area contributed by atoms with E-state index in [1.807, 2.05) is 0 Å². The van der Waals surface area contributed by atoms with Crippen LogP contribution in [0, 0.1) is 12.7 Å². The van der Waals surface area contributed by atoms with Crippen LogP contribution in [0.15, 0.2) is 18.2 Å². The third-order valence-corrected chi connectivity index (χ3v) is 2.44. The summed E-state index contributed by atoms with van der Waals surface area (Å²) >= 11 is 0. The second-order valence-electron chi connectivity index (χ2n) is 3.72. The van der Waals surface area contributed by atoms with E-state index in [1.54, 1.807) is 26.0 Å². The minimum absolute atomic E-state index is 0.0342. The minimum Gasteiger partial charge on any atom is -0.368 e. The van der Waals surface area contributed by atoms with Gasteiger partial charge in [-0.3, -0.25) is 9.59 Å². The van der Waals surface area contributed by atoms with E-state index < -0.39 is 17.6 Å². The average molecular weight is 238 g/mol. The Hall–Kier alpha value is -1.91. The molecule has 17 heavy (non-hydrogen) atoms. The van der Waals surface area contributed by atoms with E-state index in [4.69, 9.17) is 5.73 Å². The molecule has 4 nitrogen and oxygen atoms in total. The monoisotopic (exact) mass is 238 g/mol. The van der Waals surface area contributed by atoms with Gasteiger partial charge in [0.25, 0.3) is 5.91 Å². The smallest absolute Gasteiger partial charge is 0.257 e. The molecule has 5 heteroatoms. The third-order valence-electron chi connectivity index (χ3n) is 2.44. The Morgan fingerprint density at radius 1 is 1.41 bits per heavy atom. The first kappa shape index (κ1) is 13.2. The topological polar surface area (TPSA) is 63.4 Å². The van der Waals surface area contributed by atoms with Crippen LogP contribution in [0.4, 0.5) is 4.39 Å². The molecule has 0 atom stereocenters. The summed E-state index contributed by atoms with van der Waals surface area (Å²) in [5, 5.41) is 0. The van der Waals surface area contributed by atoms with E-state index >= 15 is 0 Å². The lowest BCUT2D eigenvalue weighted by molar-refractivity contribution is -0.118. The molecule has 2 N–H and O–H groups in total. The van der Waals surface area contributed by atoms with Crippen molar-refractivity contribution in [3.63, 3.8) is 0 Å². The maximum absolute atomic E-state index is 13.7. The lowest BCUT2D eigenvalue weighted by atomic mass is 10.1. The lowest BCUT2D eigenvalue weighted by Crippen LogP contribution is -2.38. The summed E-state index contributed by atoms with van der Waals surface area (Å²) < 4.78 is 13.7. The lowest BCUT2D eigenvalue weighted by Gasteiger charge is -2.19. The molecule has 0 spiro atoms. The van der Waals surface area contributed by atoms with Gasteiger partial charge in [0.2, 0.25) is 5.91 Å².